The van der Waals surface area contributed by atoms with E-state index < -0.39 is 24.2 Å². The van der Waals surface area contributed by atoms with Crippen molar-refractivity contribution in [3.05, 3.63) is 0 Å². The molecular weight excluding hydrogens is 225 g/mol. The van der Waals surface area contributed by atoms with E-state index in [9.17, 15) is 18.0 Å². The Morgan fingerprint density at radius 3 is 2.44 bits per heavy atom. The fourth-order valence-electron chi connectivity index (χ4n) is 1.70. The Hall–Kier alpha value is -0.820. The van der Waals surface area contributed by atoms with Crippen LogP contribution in [-0.4, -0.2) is 44.4 Å². The number of alkyl halides is 3. The first-order valence-electron chi connectivity index (χ1n) is 5.00. The molecule has 7 heteroatoms. The maximum absolute atomic E-state index is 11.9. The number of amides is 1. The van der Waals surface area contributed by atoms with Crippen LogP contribution < -0.4 is 10.6 Å². The fourth-order valence-corrected chi connectivity index (χ4v) is 1.70. The highest BCUT2D eigenvalue weighted by Gasteiger charge is 2.41. The molecule has 0 saturated carbocycles. The average Bonchev–Trinajstić information content (AvgIpc) is 2.25. The second kappa shape index (κ2) is 5.01. The van der Waals surface area contributed by atoms with Gasteiger partial charge in [-0.25, -0.2) is 0 Å². The minimum atomic E-state index is -4.39. The molecule has 2 N–H and O–H groups in total. The van der Waals surface area contributed by atoms with E-state index in [1.54, 1.807) is 0 Å². The number of carbonyl (C=O) groups is 1. The van der Waals surface area contributed by atoms with E-state index in [-0.39, 0.29) is 0 Å². The zero-order valence-electron chi connectivity index (χ0n) is 8.99. The van der Waals surface area contributed by atoms with Crippen molar-refractivity contribution in [2.75, 3.05) is 26.7 Å². The van der Waals surface area contributed by atoms with Crippen molar-refractivity contribution < 1.29 is 22.7 Å². The van der Waals surface area contributed by atoms with Crippen LogP contribution in [0.1, 0.15) is 12.8 Å². The van der Waals surface area contributed by atoms with Gasteiger partial charge in [0, 0.05) is 7.11 Å². The lowest BCUT2D eigenvalue weighted by Crippen LogP contribution is -2.55. The molecule has 1 rings (SSSR count). The summed E-state index contributed by atoms with van der Waals surface area (Å²) in [6, 6.07) is 0. The van der Waals surface area contributed by atoms with Crippen molar-refractivity contribution in [3.63, 3.8) is 0 Å². The predicted molar refractivity (Wildman–Crippen MR) is 50.9 cm³/mol. The average molecular weight is 240 g/mol. The summed E-state index contributed by atoms with van der Waals surface area (Å²) < 4.78 is 40.9. The monoisotopic (exact) mass is 240 g/mol. The van der Waals surface area contributed by atoms with Gasteiger partial charge in [-0.05, 0) is 25.9 Å². The molecule has 0 aromatic heterocycles. The number of ether oxygens (including phenoxy) is 1. The van der Waals surface area contributed by atoms with Crippen molar-refractivity contribution in [2.45, 2.75) is 24.6 Å². The minimum Gasteiger partial charge on any atom is -0.368 e. The van der Waals surface area contributed by atoms with Gasteiger partial charge < -0.3 is 15.4 Å². The summed E-state index contributed by atoms with van der Waals surface area (Å²) in [5.41, 5.74) is -1.11. The number of methoxy groups -OCH3 is 1. The quantitative estimate of drug-likeness (QED) is 0.752. The molecule has 0 unspecified atom stereocenters. The van der Waals surface area contributed by atoms with E-state index in [4.69, 9.17) is 4.74 Å². The van der Waals surface area contributed by atoms with Gasteiger partial charge in [-0.2, -0.15) is 13.2 Å². The van der Waals surface area contributed by atoms with E-state index >= 15 is 0 Å². The fraction of sp³-hybridized carbons (Fsp3) is 0.889. The van der Waals surface area contributed by atoms with Gasteiger partial charge in [-0.3, -0.25) is 4.79 Å². The lowest BCUT2D eigenvalue weighted by atomic mass is 9.91. The zero-order chi connectivity index (χ0) is 12.2. The minimum absolute atomic E-state index is 0.382. The number of halogens is 3. The molecular formula is C9H15F3N2O2. The van der Waals surface area contributed by atoms with Gasteiger partial charge in [0.05, 0.1) is 0 Å². The number of piperidine rings is 1. The summed E-state index contributed by atoms with van der Waals surface area (Å²) >= 11 is 0. The standard InChI is InChI=1S/C9H15F3N2O2/c1-16-8(2-4-13-5-3-8)7(15)14-6-9(10,11)12/h13H,2-6H2,1H3,(H,14,15). The lowest BCUT2D eigenvalue weighted by molar-refractivity contribution is -0.156. The summed E-state index contributed by atoms with van der Waals surface area (Å²) in [5.74, 6) is -0.686. The molecule has 0 atom stereocenters. The SMILES string of the molecule is COC1(C(=O)NCC(F)(F)F)CCNCC1. The first-order valence-corrected chi connectivity index (χ1v) is 5.00. The van der Waals surface area contributed by atoms with Crippen LogP contribution in [0.3, 0.4) is 0 Å². The Morgan fingerprint density at radius 1 is 1.44 bits per heavy atom. The number of rotatable bonds is 3. The third kappa shape index (κ3) is 3.34. The molecule has 0 aromatic carbocycles. The van der Waals surface area contributed by atoms with E-state index in [1.807, 2.05) is 5.32 Å². The van der Waals surface area contributed by atoms with Crippen molar-refractivity contribution in [1.29, 1.82) is 0 Å². The highest BCUT2D eigenvalue weighted by atomic mass is 19.4. The smallest absolute Gasteiger partial charge is 0.368 e. The van der Waals surface area contributed by atoms with Crippen LogP contribution in [0, 0.1) is 0 Å². The maximum atomic E-state index is 11.9. The molecule has 0 aliphatic carbocycles. The molecule has 1 amide bonds. The van der Waals surface area contributed by atoms with Crippen LogP contribution in [-0.2, 0) is 9.53 Å². The molecule has 1 aliphatic heterocycles. The summed E-state index contributed by atoms with van der Waals surface area (Å²) in [4.78, 5) is 11.6. The van der Waals surface area contributed by atoms with Gasteiger partial charge in [-0.1, -0.05) is 0 Å². The van der Waals surface area contributed by atoms with Crippen molar-refractivity contribution in [1.82, 2.24) is 10.6 Å². The molecule has 1 heterocycles. The van der Waals surface area contributed by atoms with Crippen molar-refractivity contribution >= 4 is 5.91 Å². The molecule has 0 bridgehead atoms. The number of hydrogen-bond donors (Lipinski definition) is 2. The Bertz CT molecular complexity index is 250. The Kier molecular flexibility index (Phi) is 4.15. The summed E-state index contributed by atoms with van der Waals surface area (Å²) in [6.45, 7) is -0.190. The molecule has 16 heavy (non-hydrogen) atoms. The van der Waals surface area contributed by atoms with Gasteiger partial charge in [0.15, 0.2) is 0 Å². The summed E-state index contributed by atoms with van der Waals surface area (Å²) in [7, 11) is 1.35. The summed E-state index contributed by atoms with van der Waals surface area (Å²) in [6.07, 6.45) is -3.63. The maximum Gasteiger partial charge on any atom is 0.405 e. The van der Waals surface area contributed by atoms with Crippen molar-refractivity contribution in [3.8, 4) is 0 Å². The largest absolute Gasteiger partial charge is 0.405 e. The van der Waals surface area contributed by atoms with Gasteiger partial charge in [0.25, 0.3) is 5.91 Å². The highest BCUT2D eigenvalue weighted by molar-refractivity contribution is 5.85. The lowest BCUT2D eigenvalue weighted by Gasteiger charge is -2.34. The third-order valence-corrected chi connectivity index (χ3v) is 2.67. The molecule has 0 radical (unpaired) electrons. The Balaban J connectivity index is 2.55. The predicted octanol–water partition coefficient (Wildman–Crippen LogP) is 0.433. The highest BCUT2D eigenvalue weighted by Crippen LogP contribution is 2.23. The number of nitrogens with one attached hydrogen (secondary N) is 2. The second-order valence-electron chi connectivity index (χ2n) is 3.75. The molecule has 1 fully saturated rings. The van der Waals surface area contributed by atoms with E-state index in [0.717, 1.165) is 0 Å². The molecule has 94 valence electrons. The van der Waals surface area contributed by atoms with Crippen LogP contribution >= 0.6 is 0 Å². The first kappa shape index (κ1) is 13.2. The van der Waals surface area contributed by atoms with E-state index in [1.165, 1.54) is 7.11 Å². The molecule has 0 aromatic rings. The number of hydrogen-bond acceptors (Lipinski definition) is 3. The van der Waals surface area contributed by atoms with Crippen molar-refractivity contribution in [2.24, 2.45) is 0 Å². The molecule has 4 nitrogen and oxygen atoms in total. The molecule has 1 aliphatic rings. The number of carbonyl (C=O) groups excluding carboxylic acids is 1. The van der Waals surface area contributed by atoms with Gasteiger partial charge >= 0.3 is 6.18 Å². The van der Waals surface area contributed by atoms with E-state index in [0.29, 0.717) is 25.9 Å². The Morgan fingerprint density at radius 2 is 2.00 bits per heavy atom. The van der Waals surface area contributed by atoms with Gasteiger partial charge in [0.1, 0.15) is 12.1 Å². The topological polar surface area (TPSA) is 50.4 Å². The van der Waals surface area contributed by atoms with E-state index in [2.05, 4.69) is 5.32 Å². The first-order chi connectivity index (χ1) is 7.40. The van der Waals surface area contributed by atoms with Crippen LogP contribution in [0.15, 0.2) is 0 Å². The van der Waals surface area contributed by atoms with Crippen LogP contribution in [0.25, 0.3) is 0 Å². The van der Waals surface area contributed by atoms with Crippen LogP contribution in [0.4, 0.5) is 13.2 Å². The molecule has 0 spiro atoms. The van der Waals surface area contributed by atoms with Gasteiger partial charge in [-0.15, -0.1) is 0 Å². The van der Waals surface area contributed by atoms with Crippen LogP contribution in [0.5, 0.6) is 0 Å². The second-order valence-corrected chi connectivity index (χ2v) is 3.75. The normalized spacial score (nSPS) is 20.5. The van der Waals surface area contributed by atoms with Gasteiger partial charge in [0.2, 0.25) is 0 Å². The Labute approximate surface area is 91.5 Å². The summed E-state index contributed by atoms with van der Waals surface area (Å²) in [5, 5.41) is 4.89. The van der Waals surface area contributed by atoms with Crippen LogP contribution in [0.2, 0.25) is 0 Å². The third-order valence-electron chi connectivity index (χ3n) is 2.67. The molecule has 1 saturated heterocycles. The zero-order valence-corrected chi connectivity index (χ0v) is 8.99.